The van der Waals surface area contributed by atoms with Crippen molar-refractivity contribution >= 4 is 11.9 Å². The summed E-state index contributed by atoms with van der Waals surface area (Å²) in [6.45, 7) is 3.25. The van der Waals surface area contributed by atoms with Gasteiger partial charge in [-0.2, -0.15) is 13.2 Å². The molecule has 0 atom stereocenters. The number of benzene rings is 1. The standard InChI is InChI=1S/C18H17FN2O2.C2HF3O2/c1-18(2,12-22)21-17(23)16-9-8-14(11-20-16)7-6-13-4-3-5-15(19)10-13;3-2(4,5)1(6)7/h3-5,8-11,22H,12H2,1-2H3,(H,21,23);(H,6,7). The molecule has 0 spiro atoms. The van der Waals surface area contributed by atoms with Gasteiger partial charge in [-0.3, -0.25) is 4.79 Å². The first kappa shape index (κ1) is 24.6. The fourth-order valence-electron chi connectivity index (χ4n) is 1.72. The van der Waals surface area contributed by atoms with E-state index in [0.717, 1.165) is 0 Å². The summed E-state index contributed by atoms with van der Waals surface area (Å²) in [5.74, 6) is 2.23. The van der Waals surface area contributed by atoms with Crippen LogP contribution >= 0.6 is 0 Å². The Bertz CT molecular complexity index is 946. The fraction of sp³-hybridized carbons (Fsp3) is 0.250. The Balaban J connectivity index is 0.000000553. The molecule has 0 radical (unpaired) electrons. The molecule has 30 heavy (non-hydrogen) atoms. The number of aliphatic carboxylic acids is 1. The number of alkyl halides is 3. The largest absolute Gasteiger partial charge is 0.490 e. The van der Waals surface area contributed by atoms with Gasteiger partial charge in [0, 0.05) is 17.3 Å². The van der Waals surface area contributed by atoms with Crippen molar-refractivity contribution in [3.63, 3.8) is 0 Å². The molecule has 0 saturated heterocycles. The van der Waals surface area contributed by atoms with Crippen LogP contribution in [0.3, 0.4) is 0 Å². The number of carboxylic acids is 1. The van der Waals surface area contributed by atoms with Crippen molar-refractivity contribution in [2.45, 2.75) is 25.6 Å². The first-order chi connectivity index (χ1) is 13.8. The molecule has 0 aliphatic rings. The number of pyridine rings is 1. The lowest BCUT2D eigenvalue weighted by atomic mass is 10.1. The van der Waals surface area contributed by atoms with Crippen molar-refractivity contribution in [1.82, 2.24) is 10.3 Å². The number of carbonyl (C=O) groups excluding carboxylic acids is 1. The molecule has 2 aromatic rings. The Morgan fingerprint density at radius 3 is 2.17 bits per heavy atom. The quantitative estimate of drug-likeness (QED) is 0.518. The second-order valence-corrected chi connectivity index (χ2v) is 6.49. The Morgan fingerprint density at radius 1 is 1.10 bits per heavy atom. The molecular weight excluding hydrogens is 408 g/mol. The van der Waals surface area contributed by atoms with Gasteiger partial charge in [-0.05, 0) is 44.2 Å². The highest BCUT2D eigenvalue weighted by Gasteiger charge is 2.38. The highest BCUT2D eigenvalue weighted by Crippen LogP contribution is 2.13. The number of amides is 1. The maximum atomic E-state index is 13.1. The lowest BCUT2D eigenvalue weighted by molar-refractivity contribution is -0.192. The minimum atomic E-state index is -5.08. The average Bonchev–Trinajstić information content (AvgIpc) is 2.66. The normalized spacial score (nSPS) is 10.8. The van der Waals surface area contributed by atoms with E-state index in [1.807, 2.05) is 0 Å². The molecule has 6 nitrogen and oxygen atoms in total. The van der Waals surface area contributed by atoms with E-state index in [1.165, 1.54) is 18.3 Å². The van der Waals surface area contributed by atoms with Gasteiger partial charge < -0.3 is 15.5 Å². The summed E-state index contributed by atoms with van der Waals surface area (Å²) in [6, 6.07) is 9.22. The van der Waals surface area contributed by atoms with Crippen molar-refractivity contribution in [1.29, 1.82) is 0 Å². The smallest absolute Gasteiger partial charge is 0.475 e. The highest BCUT2D eigenvalue weighted by atomic mass is 19.4. The van der Waals surface area contributed by atoms with Crippen LogP contribution in [0.2, 0.25) is 0 Å². The van der Waals surface area contributed by atoms with Crippen molar-refractivity contribution < 1.29 is 37.4 Å². The van der Waals surface area contributed by atoms with Gasteiger partial charge in [-0.15, -0.1) is 0 Å². The predicted octanol–water partition coefficient (Wildman–Crippen LogP) is 2.75. The Hall–Kier alpha value is -3.45. The summed E-state index contributed by atoms with van der Waals surface area (Å²) >= 11 is 0. The molecule has 3 N–H and O–H groups in total. The van der Waals surface area contributed by atoms with Crippen LogP contribution in [-0.2, 0) is 4.79 Å². The van der Waals surface area contributed by atoms with Gasteiger partial charge in [0.2, 0.25) is 0 Å². The molecule has 0 saturated carbocycles. The molecule has 0 aliphatic carbocycles. The van der Waals surface area contributed by atoms with E-state index in [2.05, 4.69) is 22.1 Å². The van der Waals surface area contributed by atoms with Gasteiger partial charge in [0.1, 0.15) is 11.5 Å². The number of carbonyl (C=O) groups is 2. The van der Waals surface area contributed by atoms with Gasteiger partial charge in [0.15, 0.2) is 0 Å². The molecule has 0 aliphatic heterocycles. The monoisotopic (exact) mass is 426 g/mol. The Labute approximate surface area is 169 Å². The molecule has 160 valence electrons. The summed E-state index contributed by atoms with van der Waals surface area (Å²) in [7, 11) is 0. The number of nitrogens with one attached hydrogen (secondary N) is 1. The predicted molar refractivity (Wildman–Crippen MR) is 98.9 cm³/mol. The minimum Gasteiger partial charge on any atom is -0.475 e. The lowest BCUT2D eigenvalue weighted by Gasteiger charge is -2.23. The van der Waals surface area contributed by atoms with E-state index >= 15 is 0 Å². The van der Waals surface area contributed by atoms with E-state index in [0.29, 0.717) is 11.1 Å². The molecule has 0 unspecified atom stereocenters. The maximum absolute atomic E-state index is 13.1. The summed E-state index contributed by atoms with van der Waals surface area (Å²) in [4.78, 5) is 24.9. The van der Waals surface area contributed by atoms with E-state index in [4.69, 9.17) is 15.0 Å². The minimum absolute atomic E-state index is 0.171. The van der Waals surface area contributed by atoms with Gasteiger partial charge in [0.05, 0.1) is 12.1 Å². The molecule has 1 aromatic carbocycles. The van der Waals surface area contributed by atoms with E-state index in [9.17, 15) is 22.4 Å². The number of aromatic nitrogens is 1. The van der Waals surface area contributed by atoms with Gasteiger partial charge in [-0.1, -0.05) is 17.9 Å². The molecule has 10 heteroatoms. The zero-order chi connectivity index (χ0) is 22.9. The fourth-order valence-corrected chi connectivity index (χ4v) is 1.72. The molecular formula is C20H18F4N2O4. The van der Waals surface area contributed by atoms with Crippen LogP contribution in [0.15, 0.2) is 42.6 Å². The van der Waals surface area contributed by atoms with E-state index in [1.54, 1.807) is 38.1 Å². The zero-order valence-electron chi connectivity index (χ0n) is 15.9. The molecule has 1 heterocycles. The Kier molecular flexibility index (Phi) is 8.49. The number of carboxylic acid groups (broad SMARTS) is 1. The summed E-state index contributed by atoms with van der Waals surface area (Å²) in [6.07, 6.45) is -3.60. The van der Waals surface area contributed by atoms with Crippen LogP contribution in [-0.4, -0.2) is 45.4 Å². The average molecular weight is 426 g/mol. The first-order valence-corrected chi connectivity index (χ1v) is 8.31. The zero-order valence-corrected chi connectivity index (χ0v) is 15.9. The van der Waals surface area contributed by atoms with E-state index in [-0.39, 0.29) is 24.0 Å². The first-order valence-electron chi connectivity index (χ1n) is 8.31. The van der Waals surface area contributed by atoms with Crippen LogP contribution in [0.25, 0.3) is 0 Å². The maximum Gasteiger partial charge on any atom is 0.490 e. The summed E-state index contributed by atoms with van der Waals surface area (Å²) in [5, 5.41) is 19.0. The molecule has 1 amide bonds. The van der Waals surface area contributed by atoms with Crippen molar-refractivity contribution in [3.05, 3.63) is 65.2 Å². The van der Waals surface area contributed by atoms with Crippen LogP contribution < -0.4 is 5.32 Å². The SMILES string of the molecule is CC(C)(CO)NC(=O)c1ccc(C#Cc2cccc(F)c2)cn1.O=C(O)C(F)(F)F. The van der Waals surface area contributed by atoms with E-state index < -0.39 is 17.7 Å². The number of nitrogens with zero attached hydrogens (tertiary/aromatic N) is 1. The third-order valence-electron chi connectivity index (χ3n) is 3.26. The van der Waals surface area contributed by atoms with Crippen LogP contribution in [0.1, 0.15) is 35.5 Å². The second-order valence-electron chi connectivity index (χ2n) is 6.49. The molecule has 2 rings (SSSR count). The van der Waals surface area contributed by atoms with Crippen LogP contribution in [0.4, 0.5) is 17.6 Å². The number of halogens is 4. The summed E-state index contributed by atoms with van der Waals surface area (Å²) < 4.78 is 44.8. The third kappa shape index (κ3) is 8.70. The molecule has 0 fully saturated rings. The molecule has 1 aromatic heterocycles. The second kappa shape index (κ2) is 10.4. The number of aliphatic hydroxyl groups excluding tert-OH is 1. The van der Waals surface area contributed by atoms with Gasteiger partial charge >= 0.3 is 12.1 Å². The van der Waals surface area contributed by atoms with Crippen LogP contribution in [0.5, 0.6) is 0 Å². The number of hydrogen-bond acceptors (Lipinski definition) is 4. The van der Waals surface area contributed by atoms with Crippen LogP contribution in [0, 0.1) is 17.7 Å². The topological polar surface area (TPSA) is 99.5 Å². The molecule has 0 bridgehead atoms. The van der Waals surface area contributed by atoms with Crippen molar-refractivity contribution in [2.24, 2.45) is 0 Å². The number of hydrogen-bond donors (Lipinski definition) is 3. The van der Waals surface area contributed by atoms with Gasteiger partial charge in [-0.25, -0.2) is 14.2 Å². The van der Waals surface area contributed by atoms with Gasteiger partial charge in [0.25, 0.3) is 5.91 Å². The van der Waals surface area contributed by atoms with Crippen molar-refractivity contribution in [3.8, 4) is 11.8 Å². The summed E-state index contributed by atoms with van der Waals surface area (Å²) in [5.41, 5.74) is 0.709. The highest BCUT2D eigenvalue weighted by molar-refractivity contribution is 5.92. The lowest BCUT2D eigenvalue weighted by Crippen LogP contribution is -2.46. The third-order valence-corrected chi connectivity index (χ3v) is 3.26. The Morgan fingerprint density at radius 2 is 1.70 bits per heavy atom. The number of aliphatic hydroxyl groups is 1. The van der Waals surface area contributed by atoms with Crippen molar-refractivity contribution in [2.75, 3.05) is 6.61 Å². The number of rotatable bonds is 3.